The minimum absolute atomic E-state index is 0.181. The number of ether oxygens (including phenoxy) is 1. The molecule has 2 rings (SSSR count). The number of hydrogen-bond donors (Lipinski definition) is 1. The summed E-state index contributed by atoms with van der Waals surface area (Å²) < 4.78 is 5.12. The van der Waals surface area contributed by atoms with Crippen molar-refractivity contribution < 1.29 is 4.74 Å². The number of rotatable bonds is 3. The number of methoxy groups -OCH3 is 1. The van der Waals surface area contributed by atoms with Gasteiger partial charge >= 0.3 is 0 Å². The SMILES string of the molecule is COc1ccc(C(N)c2cscc2C)c(Cl)c1. The van der Waals surface area contributed by atoms with E-state index in [0.717, 1.165) is 16.9 Å². The topological polar surface area (TPSA) is 35.2 Å². The van der Waals surface area contributed by atoms with E-state index >= 15 is 0 Å². The van der Waals surface area contributed by atoms with Crippen LogP contribution in [0.2, 0.25) is 5.02 Å². The van der Waals surface area contributed by atoms with Crippen LogP contribution in [0.15, 0.2) is 29.0 Å². The number of hydrogen-bond acceptors (Lipinski definition) is 3. The molecule has 1 unspecified atom stereocenters. The highest BCUT2D eigenvalue weighted by molar-refractivity contribution is 7.08. The average molecular weight is 268 g/mol. The maximum absolute atomic E-state index is 6.24. The van der Waals surface area contributed by atoms with Gasteiger partial charge in [-0.05, 0) is 46.5 Å². The van der Waals surface area contributed by atoms with Crippen LogP contribution in [0.3, 0.4) is 0 Å². The van der Waals surface area contributed by atoms with E-state index in [1.807, 2.05) is 12.1 Å². The fourth-order valence-electron chi connectivity index (χ4n) is 1.74. The summed E-state index contributed by atoms with van der Waals surface area (Å²) in [5.41, 5.74) is 9.49. The lowest BCUT2D eigenvalue weighted by atomic mass is 9.99. The lowest BCUT2D eigenvalue weighted by Crippen LogP contribution is -2.12. The first kappa shape index (κ1) is 12.4. The lowest BCUT2D eigenvalue weighted by Gasteiger charge is -2.14. The van der Waals surface area contributed by atoms with Gasteiger partial charge in [0.05, 0.1) is 13.2 Å². The van der Waals surface area contributed by atoms with Crippen molar-refractivity contribution in [2.45, 2.75) is 13.0 Å². The van der Waals surface area contributed by atoms with Crippen LogP contribution in [0.5, 0.6) is 5.75 Å². The smallest absolute Gasteiger partial charge is 0.120 e. The first-order valence-electron chi connectivity index (χ1n) is 5.25. The zero-order chi connectivity index (χ0) is 12.4. The molecular weight excluding hydrogens is 254 g/mol. The van der Waals surface area contributed by atoms with Gasteiger partial charge in [-0.1, -0.05) is 17.7 Å². The fraction of sp³-hybridized carbons (Fsp3) is 0.231. The van der Waals surface area contributed by atoms with E-state index in [4.69, 9.17) is 22.1 Å². The van der Waals surface area contributed by atoms with Gasteiger partial charge in [0.2, 0.25) is 0 Å². The summed E-state index contributed by atoms with van der Waals surface area (Å²) in [6.45, 7) is 2.06. The molecule has 1 aromatic heterocycles. The summed E-state index contributed by atoms with van der Waals surface area (Å²) >= 11 is 7.87. The Bertz CT molecular complexity index is 524. The Balaban J connectivity index is 2.38. The molecule has 0 saturated carbocycles. The van der Waals surface area contributed by atoms with Crippen LogP contribution in [-0.4, -0.2) is 7.11 Å². The van der Waals surface area contributed by atoms with E-state index in [0.29, 0.717) is 5.02 Å². The van der Waals surface area contributed by atoms with Crippen LogP contribution in [0.25, 0.3) is 0 Å². The molecule has 90 valence electrons. The Morgan fingerprint density at radius 3 is 2.59 bits per heavy atom. The second-order valence-corrected chi connectivity index (χ2v) is 5.03. The monoisotopic (exact) mass is 267 g/mol. The number of thiophene rings is 1. The molecule has 17 heavy (non-hydrogen) atoms. The molecule has 0 fully saturated rings. The van der Waals surface area contributed by atoms with Crippen molar-refractivity contribution >= 4 is 22.9 Å². The maximum Gasteiger partial charge on any atom is 0.120 e. The first-order valence-corrected chi connectivity index (χ1v) is 6.57. The lowest BCUT2D eigenvalue weighted by molar-refractivity contribution is 0.414. The summed E-state index contributed by atoms with van der Waals surface area (Å²) in [6.07, 6.45) is 0. The summed E-state index contributed by atoms with van der Waals surface area (Å²) in [5, 5.41) is 4.80. The second-order valence-electron chi connectivity index (χ2n) is 3.88. The molecule has 2 nitrogen and oxygen atoms in total. The van der Waals surface area contributed by atoms with Crippen molar-refractivity contribution in [3.63, 3.8) is 0 Å². The Hall–Kier alpha value is -1.03. The van der Waals surface area contributed by atoms with Gasteiger partial charge in [-0.25, -0.2) is 0 Å². The molecule has 0 amide bonds. The van der Waals surface area contributed by atoms with E-state index in [1.165, 1.54) is 5.56 Å². The van der Waals surface area contributed by atoms with Gasteiger partial charge in [0.15, 0.2) is 0 Å². The predicted molar refractivity (Wildman–Crippen MR) is 73.1 cm³/mol. The Labute approximate surface area is 110 Å². The summed E-state index contributed by atoms with van der Waals surface area (Å²) in [7, 11) is 1.62. The molecule has 1 aromatic carbocycles. The minimum Gasteiger partial charge on any atom is -0.497 e. The third-order valence-electron chi connectivity index (χ3n) is 2.77. The number of aryl methyl sites for hydroxylation is 1. The molecule has 0 spiro atoms. The van der Waals surface area contributed by atoms with Crippen molar-refractivity contribution in [1.29, 1.82) is 0 Å². The fourth-order valence-corrected chi connectivity index (χ4v) is 2.92. The molecule has 0 bridgehead atoms. The van der Waals surface area contributed by atoms with Crippen LogP contribution >= 0.6 is 22.9 Å². The molecule has 4 heteroatoms. The van der Waals surface area contributed by atoms with Gasteiger partial charge in [0.25, 0.3) is 0 Å². The van der Waals surface area contributed by atoms with E-state index in [-0.39, 0.29) is 6.04 Å². The number of nitrogens with two attached hydrogens (primary N) is 1. The predicted octanol–water partition coefficient (Wildman–Crippen LogP) is 3.77. The average Bonchev–Trinajstić information content (AvgIpc) is 2.74. The largest absolute Gasteiger partial charge is 0.497 e. The summed E-state index contributed by atoms with van der Waals surface area (Å²) in [5.74, 6) is 0.744. The van der Waals surface area contributed by atoms with Crippen molar-refractivity contribution in [2.24, 2.45) is 5.73 Å². The maximum atomic E-state index is 6.24. The van der Waals surface area contributed by atoms with Gasteiger partial charge in [0.1, 0.15) is 5.75 Å². The molecule has 0 aliphatic rings. The zero-order valence-corrected chi connectivity index (χ0v) is 11.3. The number of halogens is 1. The third-order valence-corrected chi connectivity index (χ3v) is 3.98. The van der Waals surface area contributed by atoms with Gasteiger partial charge in [-0.3, -0.25) is 0 Å². The van der Waals surface area contributed by atoms with Gasteiger partial charge < -0.3 is 10.5 Å². The Morgan fingerprint density at radius 1 is 1.29 bits per heavy atom. The van der Waals surface area contributed by atoms with Crippen LogP contribution in [0.4, 0.5) is 0 Å². The minimum atomic E-state index is -0.181. The molecule has 1 atom stereocenters. The summed E-state index contributed by atoms with van der Waals surface area (Å²) in [4.78, 5) is 0. The highest BCUT2D eigenvalue weighted by Crippen LogP contribution is 2.32. The molecular formula is C13H14ClNOS. The van der Waals surface area contributed by atoms with E-state index < -0.39 is 0 Å². The van der Waals surface area contributed by atoms with Crippen molar-refractivity contribution in [1.82, 2.24) is 0 Å². The Kier molecular flexibility index (Phi) is 3.72. The van der Waals surface area contributed by atoms with Crippen LogP contribution in [0.1, 0.15) is 22.7 Å². The quantitative estimate of drug-likeness (QED) is 0.919. The third kappa shape index (κ3) is 2.46. The van der Waals surface area contributed by atoms with Crippen LogP contribution in [-0.2, 0) is 0 Å². The van der Waals surface area contributed by atoms with Crippen LogP contribution < -0.4 is 10.5 Å². The molecule has 2 aromatic rings. The van der Waals surface area contributed by atoms with Crippen LogP contribution in [0, 0.1) is 6.92 Å². The molecule has 0 aliphatic carbocycles. The van der Waals surface area contributed by atoms with Gasteiger partial charge in [-0.15, -0.1) is 0 Å². The first-order chi connectivity index (χ1) is 8.13. The molecule has 2 N–H and O–H groups in total. The van der Waals surface area contributed by atoms with Gasteiger partial charge in [0, 0.05) is 5.02 Å². The molecule has 0 saturated heterocycles. The normalized spacial score (nSPS) is 12.5. The van der Waals surface area contributed by atoms with E-state index in [2.05, 4.69) is 17.7 Å². The highest BCUT2D eigenvalue weighted by Gasteiger charge is 2.15. The van der Waals surface area contributed by atoms with E-state index in [1.54, 1.807) is 24.5 Å². The van der Waals surface area contributed by atoms with E-state index in [9.17, 15) is 0 Å². The highest BCUT2D eigenvalue weighted by atomic mass is 35.5. The second kappa shape index (κ2) is 5.08. The number of benzene rings is 1. The molecule has 0 radical (unpaired) electrons. The van der Waals surface area contributed by atoms with Crippen molar-refractivity contribution in [2.75, 3.05) is 7.11 Å². The van der Waals surface area contributed by atoms with Gasteiger partial charge in [-0.2, -0.15) is 11.3 Å². The standard InChI is InChI=1S/C13H14ClNOS/c1-8-6-17-7-11(8)13(15)10-4-3-9(16-2)5-12(10)14/h3-7,13H,15H2,1-2H3. The Morgan fingerprint density at radius 2 is 2.06 bits per heavy atom. The van der Waals surface area contributed by atoms with Crippen molar-refractivity contribution in [3.8, 4) is 5.75 Å². The molecule has 1 heterocycles. The van der Waals surface area contributed by atoms with Crippen molar-refractivity contribution in [3.05, 3.63) is 50.7 Å². The molecule has 0 aliphatic heterocycles. The summed E-state index contributed by atoms with van der Waals surface area (Å²) in [6, 6.07) is 5.41. The zero-order valence-electron chi connectivity index (χ0n) is 9.74.